The van der Waals surface area contributed by atoms with Crippen molar-refractivity contribution in [2.75, 3.05) is 19.5 Å². The molecule has 0 unspecified atom stereocenters. The zero-order valence-corrected chi connectivity index (χ0v) is 17.7. The van der Waals surface area contributed by atoms with Crippen molar-refractivity contribution < 1.29 is 9.53 Å². The van der Waals surface area contributed by atoms with Crippen LogP contribution in [-0.4, -0.2) is 48.1 Å². The molecule has 9 heteroatoms. The van der Waals surface area contributed by atoms with E-state index in [1.165, 1.54) is 7.11 Å². The minimum atomic E-state index is -0.163. The number of amides is 1. The highest BCUT2D eigenvalue weighted by Gasteiger charge is 2.25. The van der Waals surface area contributed by atoms with Crippen molar-refractivity contribution in [1.29, 1.82) is 5.41 Å². The zero-order valence-electron chi connectivity index (χ0n) is 17.7. The summed E-state index contributed by atoms with van der Waals surface area (Å²) >= 11 is 0. The van der Waals surface area contributed by atoms with E-state index in [2.05, 4.69) is 31.1 Å². The number of amidine groups is 1. The van der Waals surface area contributed by atoms with E-state index in [1.807, 2.05) is 19.1 Å². The predicted molar refractivity (Wildman–Crippen MR) is 121 cm³/mol. The molecule has 1 aliphatic carbocycles. The van der Waals surface area contributed by atoms with Crippen molar-refractivity contribution >= 4 is 34.3 Å². The lowest BCUT2D eigenvalue weighted by molar-refractivity contribution is 0.0948. The molecule has 160 valence electrons. The van der Waals surface area contributed by atoms with Crippen LogP contribution in [0.15, 0.2) is 41.5 Å². The Morgan fingerprint density at radius 1 is 1.29 bits per heavy atom. The Balaban J connectivity index is 1.55. The van der Waals surface area contributed by atoms with Crippen LogP contribution in [0.4, 0.5) is 5.69 Å². The highest BCUT2D eigenvalue weighted by atomic mass is 16.5. The summed E-state index contributed by atoms with van der Waals surface area (Å²) in [6.45, 7) is 2.00. The number of carbonyl (C=O) groups excluding carboxylic acids is 1. The van der Waals surface area contributed by atoms with Gasteiger partial charge >= 0.3 is 0 Å². The first-order valence-electron chi connectivity index (χ1n) is 10.0. The van der Waals surface area contributed by atoms with Gasteiger partial charge in [0.25, 0.3) is 5.91 Å². The number of methoxy groups -OCH3 is 1. The molecule has 2 aromatic carbocycles. The van der Waals surface area contributed by atoms with E-state index in [4.69, 9.17) is 10.1 Å². The van der Waals surface area contributed by atoms with Crippen LogP contribution in [0.5, 0.6) is 5.75 Å². The van der Waals surface area contributed by atoms with Gasteiger partial charge in [-0.15, -0.1) is 0 Å². The van der Waals surface area contributed by atoms with Crippen molar-refractivity contribution in [2.24, 2.45) is 4.99 Å². The number of carbonyl (C=O) groups is 1. The zero-order chi connectivity index (χ0) is 22.0. The number of aliphatic imine (C=N–C) groups is 1. The topological polar surface area (TPSA) is 127 Å². The number of guanidine groups is 1. The molecule has 0 atom stereocenters. The van der Waals surface area contributed by atoms with E-state index < -0.39 is 0 Å². The summed E-state index contributed by atoms with van der Waals surface area (Å²) in [6.07, 6.45) is 3.80. The van der Waals surface area contributed by atoms with Crippen LogP contribution in [0.2, 0.25) is 0 Å². The molecule has 1 aliphatic rings. The fraction of sp³-hybridized carbons (Fsp3) is 0.273. The number of H-pyrrole nitrogens is 1. The van der Waals surface area contributed by atoms with Crippen molar-refractivity contribution in [3.63, 3.8) is 0 Å². The molecule has 0 spiro atoms. The Hall–Kier alpha value is -3.88. The summed E-state index contributed by atoms with van der Waals surface area (Å²) in [5, 5.41) is 25.6. The number of aromatic amines is 1. The van der Waals surface area contributed by atoms with Gasteiger partial charge in [-0.05, 0) is 49.6 Å². The normalized spacial score (nSPS) is 13.7. The Morgan fingerprint density at radius 2 is 2.10 bits per heavy atom. The van der Waals surface area contributed by atoms with Crippen molar-refractivity contribution in [1.82, 2.24) is 20.8 Å². The fourth-order valence-electron chi connectivity index (χ4n) is 3.26. The van der Waals surface area contributed by atoms with Crippen LogP contribution in [0.3, 0.4) is 0 Å². The fourth-order valence-corrected chi connectivity index (χ4v) is 3.26. The van der Waals surface area contributed by atoms with Gasteiger partial charge in [0.1, 0.15) is 5.75 Å². The number of fused-ring (bicyclic) bond motifs is 1. The molecule has 1 fully saturated rings. The summed E-state index contributed by atoms with van der Waals surface area (Å²) in [5.74, 6) is 0.705. The van der Waals surface area contributed by atoms with Crippen LogP contribution < -0.4 is 20.7 Å². The summed E-state index contributed by atoms with van der Waals surface area (Å²) in [4.78, 5) is 16.8. The molecule has 1 saturated carbocycles. The van der Waals surface area contributed by atoms with E-state index >= 15 is 0 Å². The van der Waals surface area contributed by atoms with Gasteiger partial charge in [0.05, 0.1) is 24.4 Å². The van der Waals surface area contributed by atoms with Gasteiger partial charge in [-0.2, -0.15) is 10.1 Å². The van der Waals surface area contributed by atoms with Crippen LogP contribution in [-0.2, 0) is 0 Å². The Kier molecular flexibility index (Phi) is 5.57. The number of aryl methyl sites for hydroxylation is 1. The molecule has 1 heterocycles. The average Bonchev–Trinajstić information content (AvgIpc) is 3.46. The van der Waals surface area contributed by atoms with Crippen LogP contribution in [0.25, 0.3) is 10.9 Å². The maximum atomic E-state index is 12.4. The smallest absolute Gasteiger partial charge is 0.255 e. The lowest BCUT2D eigenvalue weighted by atomic mass is 10.1. The summed E-state index contributed by atoms with van der Waals surface area (Å²) in [6, 6.07) is 9.15. The van der Waals surface area contributed by atoms with Crippen molar-refractivity contribution in [3.8, 4) is 5.75 Å². The van der Waals surface area contributed by atoms with Gasteiger partial charge in [-0.25, -0.2) is 0 Å². The van der Waals surface area contributed by atoms with E-state index in [-0.39, 0.29) is 17.8 Å². The summed E-state index contributed by atoms with van der Waals surface area (Å²) < 4.78 is 5.39. The van der Waals surface area contributed by atoms with Gasteiger partial charge in [0, 0.05) is 29.7 Å². The molecule has 3 aromatic rings. The van der Waals surface area contributed by atoms with Crippen molar-refractivity contribution in [2.45, 2.75) is 25.8 Å². The van der Waals surface area contributed by atoms with E-state index in [1.54, 1.807) is 31.4 Å². The highest BCUT2D eigenvalue weighted by Crippen LogP contribution is 2.25. The number of nitrogens with zero attached hydrogens (tertiary/aromatic N) is 2. The number of hydrogen-bond acceptors (Lipinski definition) is 4. The molecule has 0 bridgehead atoms. The Morgan fingerprint density at radius 3 is 2.81 bits per heavy atom. The van der Waals surface area contributed by atoms with E-state index in [0.717, 1.165) is 35.0 Å². The predicted octanol–water partition coefficient (Wildman–Crippen LogP) is 2.78. The molecule has 1 aromatic heterocycles. The largest absolute Gasteiger partial charge is 0.496 e. The maximum absolute atomic E-state index is 12.4. The van der Waals surface area contributed by atoms with E-state index in [9.17, 15) is 4.79 Å². The number of ether oxygens (including phenoxy) is 1. The number of anilines is 1. The monoisotopic (exact) mass is 419 g/mol. The third-order valence-corrected chi connectivity index (χ3v) is 5.24. The van der Waals surface area contributed by atoms with Gasteiger partial charge < -0.3 is 20.7 Å². The maximum Gasteiger partial charge on any atom is 0.255 e. The number of benzene rings is 2. The minimum Gasteiger partial charge on any atom is -0.496 e. The first kappa shape index (κ1) is 20.4. The van der Waals surface area contributed by atoms with Crippen LogP contribution in [0.1, 0.15) is 34.3 Å². The average molecular weight is 419 g/mol. The number of hydrogen-bond donors (Lipinski definition) is 5. The molecule has 0 radical (unpaired) electrons. The van der Waals surface area contributed by atoms with Crippen molar-refractivity contribution in [3.05, 3.63) is 53.2 Å². The second-order valence-corrected chi connectivity index (χ2v) is 7.42. The lowest BCUT2D eigenvalue weighted by Gasteiger charge is -2.13. The molecule has 9 nitrogen and oxygen atoms in total. The first-order chi connectivity index (χ1) is 15.0. The third kappa shape index (κ3) is 4.35. The quantitative estimate of drug-likeness (QED) is 0.321. The highest BCUT2D eigenvalue weighted by molar-refractivity contribution is 6.09. The molecule has 0 aliphatic heterocycles. The lowest BCUT2D eigenvalue weighted by Crippen LogP contribution is -2.28. The molecular formula is C22H25N7O2. The Bertz CT molecular complexity index is 1180. The Labute approximate surface area is 179 Å². The SMILES string of the molecule is CN/C(=N\C(=N)c1ccc(C(=O)NC2CC2)c(OC)c1)Nc1ccc2[nH]ncc2c1C. The minimum absolute atomic E-state index is 0.0337. The molecule has 5 N–H and O–H groups in total. The summed E-state index contributed by atoms with van der Waals surface area (Å²) in [5.41, 5.74) is 3.83. The van der Waals surface area contributed by atoms with Gasteiger partial charge in [0.2, 0.25) is 5.96 Å². The number of nitrogens with one attached hydrogen (secondary N) is 5. The van der Waals surface area contributed by atoms with E-state index in [0.29, 0.717) is 22.8 Å². The molecule has 0 saturated heterocycles. The number of aromatic nitrogens is 2. The van der Waals surface area contributed by atoms with Crippen LogP contribution in [0, 0.1) is 12.3 Å². The van der Waals surface area contributed by atoms with Gasteiger partial charge in [-0.1, -0.05) is 6.07 Å². The van der Waals surface area contributed by atoms with Gasteiger partial charge in [-0.3, -0.25) is 15.3 Å². The number of rotatable bonds is 5. The molecular weight excluding hydrogens is 394 g/mol. The second kappa shape index (κ2) is 8.47. The first-order valence-corrected chi connectivity index (χ1v) is 10.0. The second-order valence-electron chi connectivity index (χ2n) is 7.42. The molecule has 4 rings (SSSR count). The standard InChI is InChI=1S/C22H25N7O2/c1-12-16-11-25-29-18(16)9-8-17(12)27-22(24-2)28-20(23)13-4-7-15(19(10-13)31-3)21(30)26-14-5-6-14/h4,7-11,14H,5-6H2,1-3H3,(H,25,29)(H,26,30)(H3,23,24,27,28). The molecule has 31 heavy (non-hydrogen) atoms. The summed E-state index contributed by atoms with van der Waals surface area (Å²) in [7, 11) is 3.24. The molecule has 1 amide bonds. The van der Waals surface area contributed by atoms with Gasteiger partial charge in [0.15, 0.2) is 5.84 Å². The van der Waals surface area contributed by atoms with Crippen LogP contribution >= 0.6 is 0 Å². The third-order valence-electron chi connectivity index (χ3n) is 5.24.